The van der Waals surface area contributed by atoms with E-state index in [1.54, 1.807) is 6.26 Å². The topological polar surface area (TPSA) is 21.6 Å². The van der Waals surface area contributed by atoms with Crippen LogP contribution in [0.2, 0.25) is 0 Å². The normalized spacial score (nSPS) is 23.0. The Morgan fingerprint density at radius 1 is 1.14 bits per heavy atom. The quantitative estimate of drug-likeness (QED) is 0.578. The van der Waals surface area contributed by atoms with Crippen LogP contribution < -0.4 is 0 Å². The lowest BCUT2D eigenvalue weighted by molar-refractivity contribution is 0.227. The van der Waals surface area contributed by atoms with Crippen LogP contribution in [0.3, 0.4) is 0 Å². The van der Waals surface area contributed by atoms with Gasteiger partial charge in [-0.15, -0.1) is 0 Å². The number of nitrogens with zero attached hydrogens (tertiary/aromatic N) is 1. The van der Waals surface area contributed by atoms with E-state index >= 15 is 0 Å². The monoisotopic (exact) mass is 195 g/mol. The Morgan fingerprint density at radius 3 is 2.07 bits per heavy atom. The number of hydrogen-bond donors (Lipinski definition) is 0. The van der Waals surface area contributed by atoms with Crippen molar-refractivity contribution in [2.24, 2.45) is 21.9 Å². The minimum atomic E-state index is 0.0721. The van der Waals surface area contributed by atoms with E-state index in [1.165, 1.54) is 0 Å². The molecule has 2 nitrogen and oxygen atoms in total. The maximum absolute atomic E-state index is 5.04. The lowest BCUT2D eigenvalue weighted by Crippen LogP contribution is -2.36. The molecular weight excluding hydrogens is 174 g/mol. The summed E-state index contributed by atoms with van der Waals surface area (Å²) in [5, 5.41) is 4.18. The van der Waals surface area contributed by atoms with E-state index in [0.29, 0.717) is 5.92 Å². The van der Waals surface area contributed by atoms with Crippen LogP contribution in [0.4, 0.5) is 0 Å². The minimum Gasteiger partial charge on any atom is -0.365 e. The summed E-state index contributed by atoms with van der Waals surface area (Å²) in [6.45, 7) is 13.2. The summed E-state index contributed by atoms with van der Waals surface area (Å²) in [4.78, 5) is 5.04. The molecule has 0 aromatic carbocycles. The first-order valence-corrected chi connectivity index (χ1v) is 5.14. The van der Waals surface area contributed by atoms with Gasteiger partial charge in [0.25, 0.3) is 0 Å². The van der Waals surface area contributed by atoms with Crippen molar-refractivity contribution in [1.29, 1.82) is 0 Å². The zero-order valence-electron chi connectivity index (χ0n) is 10.1. The van der Waals surface area contributed by atoms with Crippen LogP contribution in [-0.4, -0.2) is 5.71 Å². The maximum atomic E-state index is 5.04. The Bertz CT molecular complexity index is 263. The molecule has 2 heteroatoms. The Kier molecular flexibility index (Phi) is 2.75. The third kappa shape index (κ3) is 2.37. The average molecular weight is 195 g/mol. The Balaban J connectivity index is 2.99. The molecule has 1 atom stereocenters. The molecule has 0 aromatic heterocycles. The number of hydrogen-bond acceptors (Lipinski definition) is 2. The van der Waals surface area contributed by atoms with Gasteiger partial charge < -0.3 is 4.84 Å². The van der Waals surface area contributed by atoms with Gasteiger partial charge in [-0.05, 0) is 11.5 Å². The molecule has 0 bridgehead atoms. The fraction of sp³-hybridized carbons (Fsp3) is 0.750. The van der Waals surface area contributed by atoms with Gasteiger partial charge in [0, 0.05) is 11.3 Å². The van der Waals surface area contributed by atoms with Gasteiger partial charge in [0.05, 0.1) is 5.71 Å². The van der Waals surface area contributed by atoms with E-state index in [2.05, 4.69) is 52.8 Å². The first-order chi connectivity index (χ1) is 6.23. The molecule has 1 aliphatic heterocycles. The molecule has 80 valence electrons. The Labute approximate surface area is 87.0 Å². The summed E-state index contributed by atoms with van der Waals surface area (Å²) in [5.74, 6) is 0.372. The van der Waals surface area contributed by atoms with Crippen molar-refractivity contribution in [3.63, 3.8) is 0 Å². The summed E-state index contributed by atoms with van der Waals surface area (Å²) < 4.78 is 0. The van der Waals surface area contributed by atoms with E-state index < -0.39 is 0 Å². The first-order valence-electron chi connectivity index (χ1n) is 5.14. The van der Waals surface area contributed by atoms with Crippen LogP contribution in [0.25, 0.3) is 0 Å². The number of rotatable bonds is 0. The van der Waals surface area contributed by atoms with Crippen molar-refractivity contribution in [3.05, 3.63) is 12.3 Å². The van der Waals surface area contributed by atoms with Crippen molar-refractivity contribution in [2.45, 2.75) is 41.5 Å². The summed E-state index contributed by atoms with van der Waals surface area (Å²) in [5.41, 5.74) is 1.40. The molecule has 0 spiro atoms. The van der Waals surface area contributed by atoms with Gasteiger partial charge in [0.1, 0.15) is 6.26 Å². The van der Waals surface area contributed by atoms with Gasteiger partial charge in [-0.2, -0.15) is 0 Å². The second-order valence-electron chi connectivity index (χ2n) is 6.00. The summed E-state index contributed by atoms with van der Waals surface area (Å²) in [7, 11) is 0. The maximum Gasteiger partial charge on any atom is 0.118 e. The molecule has 0 radical (unpaired) electrons. The predicted octanol–water partition coefficient (Wildman–Crippen LogP) is 3.59. The highest BCUT2D eigenvalue weighted by Crippen LogP contribution is 2.36. The minimum absolute atomic E-state index is 0.0721. The van der Waals surface area contributed by atoms with Gasteiger partial charge in [-0.25, -0.2) is 0 Å². The van der Waals surface area contributed by atoms with Crippen LogP contribution in [0, 0.1) is 16.7 Å². The first kappa shape index (κ1) is 11.3. The molecule has 1 rings (SSSR count). The molecule has 1 heterocycles. The molecule has 1 aliphatic rings. The highest BCUT2D eigenvalue weighted by Gasteiger charge is 2.35. The number of allylic oxidation sites excluding steroid dienone is 1. The molecule has 0 fully saturated rings. The molecule has 14 heavy (non-hydrogen) atoms. The predicted molar refractivity (Wildman–Crippen MR) is 60.1 cm³/mol. The average Bonchev–Trinajstić information content (AvgIpc) is 2.01. The Hall–Kier alpha value is -0.790. The molecule has 0 N–H and O–H groups in total. The van der Waals surface area contributed by atoms with Gasteiger partial charge in [-0.3, -0.25) is 0 Å². The van der Waals surface area contributed by atoms with E-state index in [1.807, 2.05) is 0 Å². The lowest BCUT2D eigenvalue weighted by Gasteiger charge is -2.36. The molecular formula is C12H21NO. The fourth-order valence-electron chi connectivity index (χ4n) is 1.65. The highest BCUT2D eigenvalue weighted by atomic mass is 16.6. The fourth-order valence-corrected chi connectivity index (χ4v) is 1.65. The molecule has 0 saturated carbocycles. The SMILES string of the molecule is CC(C)(C)C1=NOC=CC1C(C)(C)C. The molecule has 0 amide bonds. The van der Waals surface area contributed by atoms with Crippen molar-refractivity contribution >= 4 is 5.71 Å². The van der Waals surface area contributed by atoms with Crippen molar-refractivity contribution in [1.82, 2.24) is 0 Å². The highest BCUT2D eigenvalue weighted by molar-refractivity contribution is 5.93. The third-order valence-corrected chi connectivity index (χ3v) is 2.48. The molecule has 0 aliphatic carbocycles. The zero-order chi connectivity index (χ0) is 11.0. The summed E-state index contributed by atoms with van der Waals surface area (Å²) in [6, 6.07) is 0. The van der Waals surface area contributed by atoms with Gasteiger partial charge in [0.15, 0.2) is 0 Å². The van der Waals surface area contributed by atoms with Crippen LogP contribution in [0.1, 0.15) is 41.5 Å². The smallest absolute Gasteiger partial charge is 0.118 e. The van der Waals surface area contributed by atoms with Gasteiger partial charge >= 0.3 is 0 Å². The van der Waals surface area contributed by atoms with Gasteiger partial charge in [0.2, 0.25) is 0 Å². The molecule has 0 saturated heterocycles. The van der Waals surface area contributed by atoms with Crippen LogP contribution in [0.5, 0.6) is 0 Å². The van der Waals surface area contributed by atoms with Crippen LogP contribution in [-0.2, 0) is 4.84 Å². The van der Waals surface area contributed by atoms with Crippen molar-refractivity contribution in [3.8, 4) is 0 Å². The second kappa shape index (κ2) is 3.41. The van der Waals surface area contributed by atoms with E-state index in [-0.39, 0.29) is 10.8 Å². The van der Waals surface area contributed by atoms with Crippen molar-refractivity contribution < 1.29 is 4.84 Å². The van der Waals surface area contributed by atoms with Gasteiger partial charge in [-0.1, -0.05) is 46.7 Å². The third-order valence-electron chi connectivity index (χ3n) is 2.48. The summed E-state index contributed by atoms with van der Waals surface area (Å²) in [6.07, 6.45) is 3.79. The van der Waals surface area contributed by atoms with Crippen LogP contribution in [0.15, 0.2) is 17.5 Å². The van der Waals surface area contributed by atoms with Crippen LogP contribution >= 0.6 is 0 Å². The standard InChI is InChI=1S/C12H21NO/c1-11(2,3)9-7-8-14-13-10(9)12(4,5)6/h7-9H,1-6H3. The zero-order valence-corrected chi connectivity index (χ0v) is 10.1. The summed E-state index contributed by atoms with van der Waals surface area (Å²) >= 11 is 0. The second-order valence-corrected chi connectivity index (χ2v) is 6.00. The number of oxime groups is 1. The lowest BCUT2D eigenvalue weighted by atomic mass is 9.70. The van der Waals surface area contributed by atoms with Crippen molar-refractivity contribution in [2.75, 3.05) is 0 Å². The molecule has 1 unspecified atom stereocenters. The largest absolute Gasteiger partial charge is 0.365 e. The van der Waals surface area contributed by atoms with E-state index in [4.69, 9.17) is 4.84 Å². The van der Waals surface area contributed by atoms with E-state index in [9.17, 15) is 0 Å². The Morgan fingerprint density at radius 2 is 1.71 bits per heavy atom. The van der Waals surface area contributed by atoms with E-state index in [0.717, 1.165) is 5.71 Å². The molecule has 0 aromatic rings.